The zero-order valence-corrected chi connectivity index (χ0v) is 17.1. The molecule has 0 saturated carbocycles. The fraction of sp³-hybridized carbons (Fsp3) is 0.391. The number of aromatic nitrogens is 2. The molecule has 0 unspecified atom stereocenters. The summed E-state index contributed by atoms with van der Waals surface area (Å²) in [4.78, 5) is 25.0. The molecule has 2 heterocycles. The van der Waals surface area contributed by atoms with Crippen LogP contribution in [0.25, 0.3) is 11.0 Å². The van der Waals surface area contributed by atoms with E-state index in [1.807, 2.05) is 30.0 Å². The van der Waals surface area contributed by atoms with Gasteiger partial charge in [-0.15, -0.1) is 0 Å². The normalized spacial score (nSPS) is 19.7. The standard InChI is InChI=1S/C23H28N4O/c1-15-5-8-18(9-6-15)19-13-27(14-22(19)26(3)4)23(28)12-17-7-10-20-21(11-17)25-16(2)24-20/h5-11,19,22H,12-14H2,1-4H3,(H,24,25)/t19-,22+/m1/s1. The number of carbonyl (C=O) groups excluding carboxylic acids is 1. The Bertz CT molecular complexity index is 990. The molecule has 1 N–H and O–H groups in total. The van der Waals surface area contributed by atoms with Crippen LogP contribution in [-0.2, 0) is 11.2 Å². The van der Waals surface area contributed by atoms with Crippen LogP contribution in [0.5, 0.6) is 0 Å². The molecule has 1 aromatic heterocycles. The number of nitrogens with one attached hydrogen (secondary N) is 1. The average Bonchev–Trinajstić information content (AvgIpc) is 3.25. The zero-order chi connectivity index (χ0) is 19.8. The third-order valence-electron chi connectivity index (χ3n) is 5.83. The van der Waals surface area contributed by atoms with Gasteiger partial charge in [0, 0.05) is 25.0 Å². The van der Waals surface area contributed by atoms with E-state index < -0.39 is 0 Å². The van der Waals surface area contributed by atoms with Gasteiger partial charge in [0.15, 0.2) is 0 Å². The van der Waals surface area contributed by atoms with Gasteiger partial charge in [-0.3, -0.25) is 4.79 Å². The highest BCUT2D eigenvalue weighted by Gasteiger charge is 2.37. The second-order valence-corrected chi connectivity index (χ2v) is 8.20. The Hall–Kier alpha value is -2.66. The van der Waals surface area contributed by atoms with Gasteiger partial charge in [-0.25, -0.2) is 4.98 Å². The summed E-state index contributed by atoms with van der Waals surface area (Å²) in [5, 5.41) is 0. The maximum atomic E-state index is 13.0. The van der Waals surface area contributed by atoms with Crippen molar-refractivity contribution in [3.8, 4) is 0 Å². The number of rotatable bonds is 4. The van der Waals surface area contributed by atoms with Crippen molar-refractivity contribution in [3.63, 3.8) is 0 Å². The number of aromatic amines is 1. The van der Waals surface area contributed by atoms with Gasteiger partial charge in [-0.05, 0) is 51.2 Å². The summed E-state index contributed by atoms with van der Waals surface area (Å²) < 4.78 is 0. The summed E-state index contributed by atoms with van der Waals surface area (Å²) in [7, 11) is 4.21. The summed E-state index contributed by atoms with van der Waals surface area (Å²) >= 11 is 0. The molecule has 2 atom stereocenters. The number of carbonyl (C=O) groups is 1. The number of benzene rings is 2. The number of H-pyrrole nitrogens is 1. The summed E-state index contributed by atoms with van der Waals surface area (Å²) in [6, 6.07) is 15.1. The molecule has 28 heavy (non-hydrogen) atoms. The number of aryl methyl sites for hydroxylation is 2. The molecule has 0 aliphatic carbocycles. The minimum absolute atomic E-state index is 0.192. The summed E-state index contributed by atoms with van der Waals surface area (Å²) in [6.45, 7) is 5.60. The van der Waals surface area contributed by atoms with E-state index in [0.29, 0.717) is 18.4 Å². The fourth-order valence-corrected chi connectivity index (χ4v) is 4.24. The quantitative estimate of drug-likeness (QED) is 0.760. The van der Waals surface area contributed by atoms with E-state index in [1.165, 1.54) is 11.1 Å². The van der Waals surface area contributed by atoms with E-state index in [4.69, 9.17) is 0 Å². The first-order valence-electron chi connectivity index (χ1n) is 9.87. The van der Waals surface area contributed by atoms with Gasteiger partial charge in [0.05, 0.1) is 17.5 Å². The van der Waals surface area contributed by atoms with Crippen molar-refractivity contribution in [2.75, 3.05) is 27.2 Å². The Balaban J connectivity index is 1.51. The Labute approximate surface area is 166 Å². The molecule has 1 saturated heterocycles. The molecule has 0 bridgehead atoms. The van der Waals surface area contributed by atoms with Crippen molar-refractivity contribution in [1.29, 1.82) is 0 Å². The highest BCUT2D eigenvalue weighted by atomic mass is 16.2. The molecular formula is C23H28N4O. The number of likely N-dealkylation sites (N-methyl/N-ethyl adjacent to an activating group) is 1. The molecule has 0 radical (unpaired) electrons. The number of likely N-dealkylation sites (tertiary alicyclic amines) is 1. The van der Waals surface area contributed by atoms with E-state index >= 15 is 0 Å². The predicted octanol–water partition coefficient (Wildman–Crippen LogP) is 3.28. The Kier molecular flexibility index (Phi) is 4.94. The predicted molar refractivity (Wildman–Crippen MR) is 113 cm³/mol. The largest absolute Gasteiger partial charge is 0.342 e. The first kappa shape index (κ1) is 18.7. The third-order valence-corrected chi connectivity index (χ3v) is 5.83. The van der Waals surface area contributed by atoms with Crippen molar-refractivity contribution in [2.24, 2.45) is 0 Å². The second-order valence-electron chi connectivity index (χ2n) is 8.20. The lowest BCUT2D eigenvalue weighted by molar-refractivity contribution is -0.129. The van der Waals surface area contributed by atoms with Crippen molar-refractivity contribution in [1.82, 2.24) is 19.8 Å². The maximum Gasteiger partial charge on any atom is 0.227 e. The smallest absolute Gasteiger partial charge is 0.227 e. The van der Waals surface area contributed by atoms with E-state index in [0.717, 1.165) is 35.5 Å². The molecule has 1 fully saturated rings. The molecule has 1 aliphatic rings. The van der Waals surface area contributed by atoms with Gasteiger partial charge in [-0.1, -0.05) is 35.9 Å². The molecule has 1 amide bonds. The van der Waals surface area contributed by atoms with Crippen LogP contribution in [0.4, 0.5) is 0 Å². The minimum Gasteiger partial charge on any atom is -0.342 e. The van der Waals surface area contributed by atoms with E-state index in [9.17, 15) is 4.79 Å². The summed E-state index contributed by atoms with van der Waals surface area (Å²) in [5.41, 5.74) is 5.55. The van der Waals surface area contributed by atoms with Gasteiger partial charge in [0.1, 0.15) is 5.82 Å². The van der Waals surface area contributed by atoms with Crippen LogP contribution in [0.2, 0.25) is 0 Å². The monoisotopic (exact) mass is 376 g/mol. The van der Waals surface area contributed by atoms with Gasteiger partial charge in [0.25, 0.3) is 0 Å². The number of imidazole rings is 1. The molecule has 4 rings (SSSR count). The Morgan fingerprint density at radius 1 is 1.14 bits per heavy atom. The fourth-order valence-electron chi connectivity index (χ4n) is 4.24. The zero-order valence-electron chi connectivity index (χ0n) is 17.1. The van der Waals surface area contributed by atoms with Crippen LogP contribution >= 0.6 is 0 Å². The van der Waals surface area contributed by atoms with Crippen LogP contribution in [0.3, 0.4) is 0 Å². The van der Waals surface area contributed by atoms with Crippen LogP contribution in [0.15, 0.2) is 42.5 Å². The lowest BCUT2D eigenvalue weighted by atomic mass is 9.93. The van der Waals surface area contributed by atoms with Gasteiger partial charge in [-0.2, -0.15) is 0 Å². The van der Waals surface area contributed by atoms with Crippen molar-refractivity contribution < 1.29 is 4.79 Å². The van der Waals surface area contributed by atoms with Crippen LogP contribution in [0.1, 0.15) is 28.4 Å². The first-order valence-corrected chi connectivity index (χ1v) is 9.87. The number of hydrogen-bond donors (Lipinski definition) is 1. The van der Waals surface area contributed by atoms with Crippen molar-refractivity contribution in [3.05, 3.63) is 65.0 Å². The van der Waals surface area contributed by atoms with Crippen molar-refractivity contribution in [2.45, 2.75) is 32.2 Å². The van der Waals surface area contributed by atoms with Crippen LogP contribution in [-0.4, -0.2) is 58.9 Å². The minimum atomic E-state index is 0.192. The summed E-state index contributed by atoms with van der Waals surface area (Å²) in [5.74, 6) is 1.43. The SMILES string of the molecule is Cc1ccc([C@H]2CN(C(=O)Cc3ccc4nc(C)[nH]c4c3)C[C@@H]2N(C)C)cc1. The lowest BCUT2D eigenvalue weighted by Gasteiger charge is -2.25. The molecule has 1 aliphatic heterocycles. The number of nitrogens with zero attached hydrogens (tertiary/aromatic N) is 3. The van der Waals surface area contributed by atoms with Gasteiger partial charge >= 0.3 is 0 Å². The van der Waals surface area contributed by atoms with E-state index in [2.05, 4.69) is 60.2 Å². The number of fused-ring (bicyclic) bond motifs is 1. The highest BCUT2D eigenvalue weighted by molar-refractivity contribution is 5.82. The molecule has 5 nitrogen and oxygen atoms in total. The molecule has 2 aromatic carbocycles. The third kappa shape index (κ3) is 3.67. The summed E-state index contributed by atoms with van der Waals surface area (Å²) in [6.07, 6.45) is 0.425. The second kappa shape index (κ2) is 7.40. The highest BCUT2D eigenvalue weighted by Crippen LogP contribution is 2.31. The number of amides is 1. The van der Waals surface area contributed by atoms with E-state index in [-0.39, 0.29) is 5.91 Å². The van der Waals surface area contributed by atoms with E-state index in [1.54, 1.807) is 0 Å². The molecule has 3 aromatic rings. The molecule has 0 spiro atoms. The first-order chi connectivity index (χ1) is 13.4. The average molecular weight is 377 g/mol. The van der Waals surface area contributed by atoms with Crippen LogP contribution in [0, 0.1) is 13.8 Å². The Morgan fingerprint density at radius 3 is 2.61 bits per heavy atom. The van der Waals surface area contributed by atoms with Gasteiger partial charge < -0.3 is 14.8 Å². The van der Waals surface area contributed by atoms with Crippen LogP contribution < -0.4 is 0 Å². The lowest BCUT2D eigenvalue weighted by Crippen LogP contribution is -2.36. The molecule has 146 valence electrons. The molecular weight excluding hydrogens is 348 g/mol. The van der Waals surface area contributed by atoms with Gasteiger partial charge in [0.2, 0.25) is 5.91 Å². The number of hydrogen-bond acceptors (Lipinski definition) is 3. The Morgan fingerprint density at radius 2 is 1.89 bits per heavy atom. The molecule has 5 heteroatoms. The maximum absolute atomic E-state index is 13.0. The van der Waals surface area contributed by atoms with Crippen molar-refractivity contribution >= 4 is 16.9 Å². The topological polar surface area (TPSA) is 52.2 Å².